The van der Waals surface area contributed by atoms with Gasteiger partial charge >= 0.3 is 0 Å². The minimum Gasteiger partial charge on any atom is -0.497 e. The van der Waals surface area contributed by atoms with Crippen molar-refractivity contribution >= 4 is 29.1 Å². The maximum atomic E-state index is 12.8. The number of hydrogen-bond acceptors (Lipinski definition) is 3. The number of amides is 1. The molecule has 0 atom stereocenters. The molecule has 0 bridgehead atoms. The number of benzene rings is 2. The molecule has 28 heavy (non-hydrogen) atoms. The van der Waals surface area contributed by atoms with E-state index in [9.17, 15) is 4.79 Å². The Bertz CT molecular complexity index is 983. The van der Waals surface area contributed by atoms with E-state index in [2.05, 4.69) is 0 Å². The predicted octanol–water partition coefficient (Wildman–Crippen LogP) is 4.23. The first-order chi connectivity index (χ1) is 13.7. The Morgan fingerprint density at radius 1 is 1.04 bits per heavy atom. The first-order valence-corrected chi connectivity index (χ1v) is 9.80. The summed E-state index contributed by atoms with van der Waals surface area (Å²) in [6.45, 7) is 2.05. The quantitative estimate of drug-likeness (QED) is 0.671. The fourth-order valence-electron chi connectivity index (χ4n) is 3.65. The van der Waals surface area contributed by atoms with E-state index < -0.39 is 0 Å². The molecule has 0 aliphatic carbocycles. The average molecular weight is 375 g/mol. The number of methoxy groups -OCH3 is 1. The molecule has 2 heterocycles. The Morgan fingerprint density at radius 3 is 2.54 bits per heavy atom. The van der Waals surface area contributed by atoms with Gasteiger partial charge in [0.15, 0.2) is 0 Å². The SMILES string of the molecule is COc1ccc(/C=C/c2nc3ccccc3n2CC(=O)N2CCCCC2)cc1. The summed E-state index contributed by atoms with van der Waals surface area (Å²) in [5.41, 5.74) is 2.95. The molecule has 144 valence electrons. The molecule has 5 nitrogen and oxygen atoms in total. The van der Waals surface area contributed by atoms with Gasteiger partial charge in [-0.3, -0.25) is 4.79 Å². The van der Waals surface area contributed by atoms with Crippen LogP contribution in [0.1, 0.15) is 30.7 Å². The van der Waals surface area contributed by atoms with Crippen LogP contribution in [0.3, 0.4) is 0 Å². The van der Waals surface area contributed by atoms with Gasteiger partial charge in [0.1, 0.15) is 18.1 Å². The standard InChI is InChI=1S/C23H25N3O2/c1-28-19-12-9-18(10-13-19)11-14-22-24-20-7-3-4-8-21(20)26(22)17-23(27)25-15-5-2-6-16-25/h3-4,7-14H,2,5-6,15-17H2,1H3/b14-11+. The van der Waals surface area contributed by atoms with Crippen molar-refractivity contribution in [3.05, 3.63) is 59.9 Å². The Hall–Kier alpha value is -3.08. The van der Waals surface area contributed by atoms with Crippen molar-refractivity contribution in [2.24, 2.45) is 0 Å². The molecule has 0 radical (unpaired) electrons. The van der Waals surface area contributed by atoms with Crippen LogP contribution >= 0.6 is 0 Å². The number of carbonyl (C=O) groups is 1. The molecule has 2 aromatic carbocycles. The smallest absolute Gasteiger partial charge is 0.242 e. The number of piperidine rings is 1. The zero-order valence-corrected chi connectivity index (χ0v) is 16.2. The lowest BCUT2D eigenvalue weighted by molar-refractivity contribution is -0.132. The van der Waals surface area contributed by atoms with Crippen LogP contribution < -0.4 is 4.74 Å². The van der Waals surface area contributed by atoms with Crippen molar-refractivity contribution in [2.45, 2.75) is 25.8 Å². The van der Waals surface area contributed by atoms with Gasteiger partial charge in [-0.05, 0) is 55.2 Å². The second-order valence-electron chi connectivity index (χ2n) is 7.09. The maximum Gasteiger partial charge on any atom is 0.242 e. The van der Waals surface area contributed by atoms with Gasteiger partial charge in [0.2, 0.25) is 5.91 Å². The molecule has 0 spiro atoms. The summed E-state index contributed by atoms with van der Waals surface area (Å²) in [5.74, 6) is 1.79. The molecular formula is C23H25N3O2. The van der Waals surface area contributed by atoms with E-state index in [-0.39, 0.29) is 5.91 Å². The number of imidazole rings is 1. The Kier molecular flexibility index (Phi) is 5.42. The third-order valence-electron chi connectivity index (χ3n) is 5.23. The minimum atomic E-state index is 0.168. The normalized spacial score (nSPS) is 14.7. The third-order valence-corrected chi connectivity index (χ3v) is 5.23. The molecule has 0 saturated carbocycles. The highest BCUT2D eigenvalue weighted by Crippen LogP contribution is 2.20. The fourth-order valence-corrected chi connectivity index (χ4v) is 3.65. The predicted molar refractivity (Wildman–Crippen MR) is 112 cm³/mol. The van der Waals surface area contributed by atoms with Gasteiger partial charge in [0.05, 0.1) is 18.1 Å². The van der Waals surface area contributed by atoms with Crippen LogP contribution in [-0.2, 0) is 11.3 Å². The number of likely N-dealkylation sites (tertiary alicyclic amines) is 1. The van der Waals surface area contributed by atoms with Crippen LogP contribution in [0.2, 0.25) is 0 Å². The first-order valence-electron chi connectivity index (χ1n) is 9.80. The number of nitrogens with zero attached hydrogens (tertiary/aromatic N) is 3. The maximum absolute atomic E-state index is 12.8. The highest BCUT2D eigenvalue weighted by molar-refractivity contribution is 5.83. The Morgan fingerprint density at radius 2 is 1.79 bits per heavy atom. The van der Waals surface area contributed by atoms with Gasteiger partial charge in [-0.2, -0.15) is 0 Å². The summed E-state index contributed by atoms with van der Waals surface area (Å²) in [6, 6.07) is 15.8. The second kappa shape index (κ2) is 8.30. The first kappa shape index (κ1) is 18.3. The van der Waals surface area contributed by atoms with Crippen molar-refractivity contribution in [1.82, 2.24) is 14.5 Å². The second-order valence-corrected chi connectivity index (χ2v) is 7.09. The molecule has 1 fully saturated rings. The highest BCUT2D eigenvalue weighted by Gasteiger charge is 2.19. The number of para-hydroxylation sites is 2. The molecule has 0 N–H and O–H groups in total. The summed E-state index contributed by atoms with van der Waals surface area (Å²) >= 11 is 0. The number of fused-ring (bicyclic) bond motifs is 1. The molecule has 5 heteroatoms. The number of hydrogen-bond donors (Lipinski definition) is 0. The van der Waals surface area contributed by atoms with Crippen LogP contribution in [0.5, 0.6) is 5.75 Å². The summed E-state index contributed by atoms with van der Waals surface area (Å²) < 4.78 is 7.23. The van der Waals surface area contributed by atoms with Crippen molar-refractivity contribution in [3.63, 3.8) is 0 Å². The number of rotatable bonds is 5. The molecule has 1 amide bonds. The van der Waals surface area contributed by atoms with Crippen LogP contribution in [0, 0.1) is 0 Å². The van der Waals surface area contributed by atoms with Gasteiger partial charge in [-0.25, -0.2) is 4.98 Å². The highest BCUT2D eigenvalue weighted by atomic mass is 16.5. The van der Waals surface area contributed by atoms with Gasteiger partial charge in [0, 0.05) is 13.1 Å². The molecule has 0 unspecified atom stereocenters. The zero-order chi connectivity index (χ0) is 19.3. The van der Waals surface area contributed by atoms with Crippen molar-refractivity contribution in [3.8, 4) is 5.75 Å². The molecule has 1 aliphatic rings. The zero-order valence-electron chi connectivity index (χ0n) is 16.2. The summed E-state index contributed by atoms with van der Waals surface area (Å²) in [4.78, 5) is 19.6. The van der Waals surface area contributed by atoms with E-state index >= 15 is 0 Å². The molecule has 1 aromatic heterocycles. The van der Waals surface area contributed by atoms with E-state index in [0.29, 0.717) is 6.54 Å². The van der Waals surface area contributed by atoms with E-state index in [1.165, 1.54) is 6.42 Å². The summed E-state index contributed by atoms with van der Waals surface area (Å²) in [5, 5.41) is 0. The topological polar surface area (TPSA) is 47.4 Å². The fraction of sp³-hybridized carbons (Fsp3) is 0.304. The van der Waals surface area contributed by atoms with E-state index in [0.717, 1.165) is 54.1 Å². The van der Waals surface area contributed by atoms with Gasteiger partial charge < -0.3 is 14.2 Å². The van der Waals surface area contributed by atoms with Crippen LogP contribution in [-0.4, -0.2) is 40.6 Å². The number of carbonyl (C=O) groups excluding carboxylic acids is 1. The van der Waals surface area contributed by atoms with Gasteiger partial charge in [-0.15, -0.1) is 0 Å². The average Bonchev–Trinajstić information content (AvgIpc) is 3.10. The molecule has 3 aromatic rings. The van der Waals surface area contributed by atoms with Crippen LogP contribution in [0.25, 0.3) is 23.2 Å². The van der Waals surface area contributed by atoms with Crippen LogP contribution in [0.15, 0.2) is 48.5 Å². The van der Waals surface area contributed by atoms with Gasteiger partial charge in [-0.1, -0.05) is 30.3 Å². The van der Waals surface area contributed by atoms with Crippen molar-refractivity contribution < 1.29 is 9.53 Å². The van der Waals surface area contributed by atoms with E-state index in [1.54, 1.807) is 7.11 Å². The van der Waals surface area contributed by atoms with Crippen LogP contribution in [0.4, 0.5) is 0 Å². The Labute approximate surface area is 165 Å². The third kappa shape index (κ3) is 3.93. The lowest BCUT2D eigenvalue weighted by Gasteiger charge is -2.27. The molecular weight excluding hydrogens is 350 g/mol. The van der Waals surface area contributed by atoms with Crippen molar-refractivity contribution in [1.29, 1.82) is 0 Å². The Balaban J connectivity index is 1.62. The molecule has 4 rings (SSSR count). The van der Waals surface area contributed by atoms with E-state index in [4.69, 9.17) is 9.72 Å². The molecule has 1 aliphatic heterocycles. The summed E-state index contributed by atoms with van der Waals surface area (Å²) in [6.07, 6.45) is 7.41. The number of aromatic nitrogens is 2. The summed E-state index contributed by atoms with van der Waals surface area (Å²) in [7, 11) is 1.66. The monoisotopic (exact) mass is 375 g/mol. The number of ether oxygens (including phenoxy) is 1. The minimum absolute atomic E-state index is 0.168. The van der Waals surface area contributed by atoms with Crippen molar-refractivity contribution in [2.75, 3.05) is 20.2 Å². The van der Waals surface area contributed by atoms with E-state index in [1.807, 2.05) is 70.1 Å². The molecule has 1 saturated heterocycles. The largest absolute Gasteiger partial charge is 0.497 e. The lowest BCUT2D eigenvalue weighted by atomic mass is 10.1. The lowest BCUT2D eigenvalue weighted by Crippen LogP contribution is -2.37. The van der Waals surface area contributed by atoms with Gasteiger partial charge in [0.25, 0.3) is 0 Å².